The van der Waals surface area contributed by atoms with Gasteiger partial charge in [0.05, 0.1) is 5.60 Å². The van der Waals surface area contributed by atoms with E-state index in [1.54, 1.807) is 0 Å². The zero-order valence-corrected chi connectivity index (χ0v) is 8.27. The van der Waals surface area contributed by atoms with Crippen molar-refractivity contribution in [2.45, 2.75) is 57.6 Å². The fourth-order valence-corrected chi connectivity index (χ4v) is 1.67. The molecule has 0 aromatic carbocycles. The zero-order chi connectivity index (χ0) is 9.03. The van der Waals surface area contributed by atoms with Gasteiger partial charge in [-0.05, 0) is 32.1 Å². The van der Waals surface area contributed by atoms with Gasteiger partial charge >= 0.3 is 0 Å². The summed E-state index contributed by atoms with van der Waals surface area (Å²) in [7, 11) is 0. The summed E-state index contributed by atoms with van der Waals surface area (Å²) in [5.41, 5.74) is -0.359. The first-order valence-corrected chi connectivity index (χ1v) is 5.16. The first-order valence-electron chi connectivity index (χ1n) is 5.16. The van der Waals surface area contributed by atoms with Crippen LogP contribution in [0.5, 0.6) is 0 Å². The summed E-state index contributed by atoms with van der Waals surface area (Å²) in [6.45, 7) is 5.16. The van der Waals surface area contributed by atoms with Crippen molar-refractivity contribution in [1.29, 1.82) is 0 Å². The van der Waals surface area contributed by atoms with E-state index in [0.717, 1.165) is 32.2 Å². The summed E-state index contributed by atoms with van der Waals surface area (Å²) in [5.74, 6) is 0. The maximum Gasteiger partial charge on any atom is 0.0771 e. The summed E-state index contributed by atoms with van der Waals surface area (Å²) in [4.78, 5) is 0. The highest BCUT2D eigenvalue weighted by molar-refractivity contribution is 4.90. The van der Waals surface area contributed by atoms with E-state index in [1.807, 2.05) is 0 Å². The molecule has 0 unspecified atom stereocenters. The lowest BCUT2D eigenvalue weighted by Crippen LogP contribution is -2.48. The Hall–Kier alpha value is -0.0800. The Bertz CT molecular complexity index is 128. The lowest BCUT2D eigenvalue weighted by Gasteiger charge is -2.37. The van der Waals surface area contributed by atoms with Crippen LogP contribution >= 0.6 is 0 Å². The maximum absolute atomic E-state index is 9.79. The third-order valence-electron chi connectivity index (χ3n) is 2.99. The second-order valence-corrected chi connectivity index (χ2v) is 3.97. The molecule has 0 aromatic rings. The first kappa shape index (κ1) is 10.0. The van der Waals surface area contributed by atoms with Gasteiger partial charge in [-0.15, -0.1) is 0 Å². The van der Waals surface area contributed by atoms with Gasteiger partial charge in [0, 0.05) is 12.6 Å². The fourth-order valence-electron chi connectivity index (χ4n) is 1.67. The van der Waals surface area contributed by atoms with Gasteiger partial charge in [-0.1, -0.05) is 13.8 Å². The van der Waals surface area contributed by atoms with Crippen LogP contribution in [0.2, 0.25) is 0 Å². The van der Waals surface area contributed by atoms with E-state index in [4.69, 9.17) is 0 Å². The summed E-state index contributed by atoms with van der Waals surface area (Å²) >= 11 is 0. The van der Waals surface area contributed by atoms with Crippen LogP contribution in [0.4, 0.5) is 0 Å². The topological polar surface area (TPSA) is 32.3 Å². The van der Waals surface area contributed by atoms with Crippen LogP contribution in [0, 0.1) is 0 Å². The van der Waals surface area contributed by atoms with Crippen molar-refractivity contribution in [2.75, 3.05) is 6.54 Å². The predicted molar refractivity (Wildman–Crippen MR) is 51.2 cm³/mol. The van der Waals surface area contributed by atoms with Gasteiger partial charge in [0.15, 0.2) is 0 Å². The van der Waals surface area contributed by atoms with Gasteiger partial charge in [0.1, 0.15) is 0 Å². The van der Waals surface area contributed by atoms with E-state index in [0.29, 0.717) is 6.04 Å². The van der Waals surface area contributed by atoms with Crippen molar-refractivity contribution in [3.05, 3.63) is 0 Å². The van der Waals surface area contributed by atoms with Gasteiger partial charge in [-0.3, -0.25) is 0 Å². The van der Waals surface area contributed by atoms with E-state index in [9.17, 15) is 5.11 Å². The smallest absolute Gasteiger partial charge is 0.0771 e. The van der Waals surface area contributed by atoms with Crippen molar-refractivity contribution in [3.63, 3.8) is 0 Å². The molecular weight excluding hydrogens is 150 g/mol. The van der Waals surface area contributed by atoms with Crippen LogP contribution in [-0.4, -0.2) is 23.3 Å². The van der Waals surface area contributed by atoms with Crippen molar-refractivity contribution in [2.24, 2.45) is 0 Å². The van der Waals surface area contributed by atoms with Crippen LogP contribution < -0.4 is 5.32 Å². The summed E-state index contributed by atoms with van der Waals surface area (Å²) in [6.07, 6.45) is 5.49. The summed E-state index contributed by atoms with van der Waals surface area (Å²) in [6, 6.07) is 0.592. The standard InChI is InChI=1S/C10H21NO/c1-3-9(4-2)11-8-10(12)6-5-7-10/h9,11-12H,3-8H2,1-2H3. The quantitative estimate of drug-likeness (QED) is 0.659. The number of nitrogens with one attached hydrogen (secondary N) is 1. The number of aliphatic hydroxyl groups is 1. The van der Waals surface area contributed by atoms with Crippen molar-refractivity contribution in [1.82, 2.24) is 5.32 Å². The molecule has 0 heterocycles. The highest BCUT2D eigenvalue weighted by atomic mass is 16.3. The van der Waals surface area contributed by atoms with Crippen LogP contribution in [0.3, 0.4) is 0 Å². The van der Waals surface area contributed by atoms with E-state index >= 15 is 0 Å². The minimum absolute atomic E-state index is 0.359. The summed E-state index contributed by atoms with van der Waals surface area (Å²) < 4.78 is 0. The molecule has 12 heavy (non-hydrogen) atoms. The van der Waals surface area contributed by atoms with Crippen LogP contribution in [-0.2, 0) is 0 Å². The molecular formula is C10H21NO. The molecule has 72 valence electrons. The zero-order valence-electron chi connectivity index (χ0n) is 8.27. The Balaban J connectivity index is 2.14. The number of rotatable bonds is 5. The Morgan fingerprint density at radius 2 is 1.92 bits per heavy atom. The van der Waals surface area contributed by atoms with Crippen molar-refractivity contribution >= 4 is 0 Å². The fraction of sp³-hybridized carbons (Fsp3) is 1.00. The molecule has 1 saturated carbocycles. The average molecular weight is 171 g/mol. The monoisotopic (exact) mass is 171 g/mol. The van der Waals surface area contributed by atoms with E-state index < -0.39 is 0 Å². The molecule has 2 nitrogen and oxygen atoms in total. The molecule has 1 aliphatic rings. The number of hydrogen-bond acceptors (Lipinski definition) is 2. The Kier molecular flexibility index (Phi) is 3.53. The molecule has 1 rings (SSSR count). The molecule has 0 amide bonds. The molecule has 2 N–H and O–H groups in total. The van der Waals surface area contributed by atoms with E-state index in [-0.39, 0.29) is 5.60 Å². The second kappa shape index (κ2) is 4.24. The molecule has 1 fully saturated rings. The Labute approximate surface area is 75.4 Å². The first-order chi connectivity index (χ1) is 5.70. The Morgan fingerprint density at radius 1 is 1.33 bits per heavy atom. The molecule has 0 bridgehead atoms. The third kappa shape index (κ3) is 2.46. The van der Waals surface area contributed by atoms with Crippen LogP contribution in [0.25, 0.3) is 0 Å². The average Bonchev–Trinajstić information content (AvgIpc) is 2.03. The molecule has 0 saturated heterocycles. The van der Waals surface area contributed by atoms with E-state index in [1.165, 1.54) is 6.42 Å². The van der Waals surface area contributed by atoms with Gasteiger partial charge in [0.2, 0.25) is 0 Å². The lowest BCUT2D eigenvalue weighted by atomic mass is 9.80. The molecule has 0 atom stereocenters. The van der Waals surface area contributed by atoms with Gasteiger partial charge in [-0.25, -0.2) is 0 Å². The minimum Gasteiger partial charge on any atom is -0.389 e. The molecule has 1 aliphatic carbocycles. The number of hydrogen-bond donors (Lipinski definition) is 2. The lowest BCUT2D eigenvalue weighted by molar-refractivity contribution is -0.0333. The highest BCUT2D eigenvalue weighted by Gasteiger charge is 2.34. The van der Waals surface area contributed by atoms with Gasteiger partial charge in [-0.2, -0.15) is 0 Å². The maximum atomic E-state index is 9.79. The minimum atomic E-state index is -0.359. The molecule has 0 aliphatic heterocycles. The normalized spacial score (nSPS) is 21.0. The van der Waals surface area contributed by atoms with Crippen molar-refractivity contribution < 1.29 is 5.11 Å². The SMILES string of the molecule is CCC(CC)NCC1(O)CCC1. The largest absolute Gasteiger partial charge is 0.389 e. The Morgan fingerprint density at radius 3 is 2.25 bits per heavy atom. The third-order valence-corrected chi connectivity index (χ3v) is 2.99. The highest BCUT2D eigenvalue weighted by Crippen LogP contribution is 2.30. The van der Waals surface area contributed by atoms with Crippen molar-refractivity contribution in [3.8, 4) is 0 Å². The predicted octanol–water partition coefficient (Wildman–Crippen LogP) is 1.68. The van der Waals surface area contributed by atoms with Crippen LogP contribution in [0.15, 0.2) is 0 Å². The van der Waals surface area contributed by atoms with Gasteiger partial charge in [0.25, 0.3) is 0 Å². The van der Waals surface area contributed by atoms with E-state index in [2.05, 4.69) is 19.2 Å². The summed E-state index contributed by atoms with van der Waals surface area (Å²) in [5, 5.41) is 13.2. The molecule has 0 aromatic heterocycles. The van der Waals surface area contributed by atoms with Gasteiger partial charge < -0.3 is 10.4 Å². The molecule has 0 radical (unpaired) electrons. The van der Waals surface area contributed by atoms with Crippen LogP contribution in [0.1, 0.15) is 46.0 Å². The second-order valence-electron chi connectivity index (χ2n) is 3.97. The molecule has 0 spiro atoms. The molecule has 2 heteroatoms.